The fourth-order valence-electron chi connectivity index (χ4n) is 3.55. The molecule has 0 N–H and O–H groups in total. The molecule has 6 heteroatoms. The zero-order valence-corrected chi connectivity index (χ0v) is 15.0. The van der Waals surface area contributed by atoms with E-state index < -0.39 is 0 Å². The number of fused-ring (bicyclic) bond motifs is 3. The van der Waals surface area contributed by atoms with Crippen LogP contribution in [0.25, 0.3) is 0 Å². The minimum atomic E-state index is -0.373. The summed E-state index contributed by atoms with van der Waals surface area (Å²) >= 11 is 1.71. The summed E-state index contributed by atoms with van der Waals surface area (Å²) in [6.07, 6.45) is 2.25. The van der Waals surface area contributed by atoms with E-state index in [1.54, 1.807) is 24.6 Å². The first-order valence-electron chi connectivity index (χ1n) is 8.49. The molecule has 130 valence electrons. The van der Waals surface area contributed by atoms with Crippen LogP contribution in [-0.4, -0.2) is 22.8 Å². The Morgan fingerprint density at radius 2 is 2.12 bits per heavy atom. The van der Waals surface area contributed by atoms with Gasteiger partial charge in [0.2, 0.25) is 6.23 Å². The summed E-state index contributed by atoms with van der Waals surface area (Å²) in [4.78, 5) is 5.70. The van der Waals surface area contributed by atoms with Crippen molar-refractivity contribution in [3.63, 3.8) is 0 Å². The Kier molecular flexibility index (Phi) is 3.64. The van der Waals surface area contributed by atoms with E-state index in [4.69, 9.17) is 14.6 Å². The Hall–Kier alpha value is -2.86. The molecule has 2 aliphatic rings. The first-order valence-corrected chi connectivity index (χ1v) is 9.37. The van der Waals surface area contributed by atoms with Crippen molar-refractivity contribution in [1.82, 2.24) is 9.99 Å². The lowest BCUT2D eigenvalue weighted by molar-refractivity contribution is -0.0236. The largest absolute Gasteiger partial charge is 0.493 e. The average molecular weight is 363 g/mol. The van der Waals surface area contributed by atoms with Crippen LogP contribution >= 0.6 is 11.3 Å². The van der Waals surface area contributed by atoms with E-state index in [-0.39, 0.29) is 12.3 Å². The number of aromatic nitrogens is 1. The molecular weight excluding hydrogens is 346 g/mol. The van der Waals surface area contributed by atoms with Crippen molar-refractivity contribution in [3.8, 4) is 11.5 Å². The van der Waals surface area contributed by atoms with Crippen LogP contribution in [-0.2, 0) is 0 Å². The third-order valence-corrected chi connectivity index (χ3v) is 5.67. The Labute approximate surface area is 155 Å². The van der Waals surface area contributed by atoms with Gasteiger partial charge in [-0.1, -0.05) is 24.3 Å². The second-order valence-electron chi connectivity index (χ2n) is 6.23. The molecule has 0 unspecified atom stereocenters. The van der Waals surface area contributed by atoms with Crippen molar-refractivity contribution in [2.45, 2.75) is 18.7 Å². The molecule has 3 aromatic rings. The van der Waals surface area contributed by atoms with Crippen molar-refractivity contribution in [2.24, 2.45) is 5.10 Å². The summed E-state index contributed by atoms with van der Waals surface area (Å²) in [6.45, 7) is 0. The molecule has 5 nitrogen and oxygen atoms in total. The minimum absolute atomic E-state index is 0.109. The first-order chi connectivity index (χ1) is 12.8. The highest BCUT2D eigenvalue weighted by Crippen LogP contribution is 2.50. The van der Waals surface area contributed by atoms with Gasteiger partial charge in [0, 0.05) is 18.2 Å². The molecule has 0 saturated heterocycles. The second kappa shape index (κ2) is 6.14. The van der Waals surface area contributed by atoms with E-state index in [9.17, 15) is 0 Å². The monoisotopic (exact) mass is 363 g/mol. The van der Waals surface area contributed by atoms with Gasteiger partial charge >= 0.3 is 0 Å². The maximum absolute atomic E-state index is 6.35. The fourth-order valence-corrected chi connectivity index (χ4v) is 4.27. The SMILES string of the molecule is COc1cccc2c1O[C@H](c1ccccn1)N1N=C(c3cccs3)C[C@H]21. The molecule has 0 spiro atoms. The van der Waals surface area contributed by atoms with Crippen LogP contribution in [0.3, 0.4) is 0 Å². The van der Waals surface area contributed by atoms with E-state index >= 15 is 0 Å². The van der Waals surface area contributed by atoms with Crippen molar-refractivity contribution < 1.29 is 9.47 Å². The molecule has 2 aliphatic heterocycles. The van der Waals surface area contributed by atoms with Crippen LogP contribution in [0.2, 0.25) is 0 Å². The van der Waals surface area contributed by atoms with Crippen LogP contribution in [0.15, 0.2) is 65.2 Å². The molecule has 2 atom stereocenters. The van der Waals surface area contributed by atoms with Gasteiger partial charge in [-0.15, -0.1) is 11.3 Å². The Bertz CT molecular complexity index is 956. The average Bonchev–Trinajstić information content (AvgIpc) is 3.37. The Balaban J connectivity index is 1.64. The van der Waals surface area contributed by atoms with Crippen LogP contribution in [0.5, 0.6) is 11.5 Å². The van der Waals surface area contributed by atoms with Crippen LogP contribution in [0.4, 0.5) is 0 Å². The van der Waals surface area contributed by atoms with E-state index in [0.29, 0.717) is 0 Å². The number of benzene rings is 1. The van der Waals surface area contributed by atoms with Gasteiger partial charge in [-0.2, -0.15) is 5.10 Å². The third-order valence-electron chi connectivity index (χ3n) is 4.75. The molecule has 2 aromatic heterocycles. The summed E-state index contributed by atoms with van der Waals surface area (Å²) in [5, 5.41) is 9.04. The number of hydrogen-bond donors (Lipinski definition) is 0. The highest BCUT2D eigenvalue weighted by atomic mass is 32.1. The molecule has 0 fully saturated rings. The lowest BCUT2D eigenvalue weighted by atomic mass is 9.98. The number of methoxy groups -OCH3 is 1. The molecule has 4 heterocycles. The van der Waals surface area contributed by atoms with Gasteiger partial charge in [0.05, 0.1) is 23.7 Å². The minimum Gasteiger partial charge on any atom is -0.493 e. The number of thiophene rings is 1. The number of nitrogens with zero attached hydrogens (tertiary/aromatic N) is 3. The van der Waals surface area contributed by atoms with Gasteiger partial charge in [-0.25, -0.2) is 5.01 Å². The van der Waals surface area contributed by atoms with Crippen molar-refractivity contribution in [2.75, 3.05) is 7.11 Å². The molecule has 1 aromatic carbocycles. The first kappa shape index (κ1) is 15.4. The molecule has 0 saturated carbocycles. The maximum Gasteiger partial charge on any atom is 0.230 e. The highest BCUT2D eigenvalue weighted by Gasteiger charge is 2.42. The van der Waals surface area contributed by atoms with Gasteiger partial charge in [-0.3, -0.25) is 4.98 Å². The van der Waals surface area contributed by atoms with Gasteiger partial charge < -0.3 is 9.47 Å². The predicted octanol–water partition coefficient (Wildman–Crippen LogP) is 4.39. The van der Waals surface area contributed by atoms with E-state index in [0.717, 1.165) is 34.9 Å². The second-order valence-corrected chi connectivity index (χ2v) is 7.18. The summed E-state index contributed by atoms with van der Waals surface area (Å²) in [5.41, 5.74) is 3.03. The zero-order chi connectivity index (χ0) is 17.5. The number of hydrazone groups is 1. The van der Waals surface area contributed by atoms with Crippen LogP contribution < -0.4 is 9.47 Å². The van der Waals surface area contributed by atoms with Crippen molar-refractivity contribution in [1.29, 1.82) is 0 Å². The summed E-state index contributed by atoms with van der Waals surface area (Å²) < 4.78 is 11.9. The van der Waals surface area contributed by atoms with Crippen molar-refractivity contribution >= 4 is 17.0 Å². The lowest BCUT2D eigenvalue weighted by Gasteiger charge is -2.38. The van der Waals surface area contributed by atoms with Gasteiger partial charge in [0.15, 0.2) is 11.5 Å². The predicted molar refractivity (Wildman–Crippen MR) is 101 cm³/mol. The van der Waals surface area contributed by atoms with Gasteiger partial charge in [-0.05, 0) is 29.6 Å². The van der Waals surface area contributed by atoms with E-state index in [1.807, 2.05) is 35.3 Å². The summed E-state index contributed by atoms with van der Waals surface area (Å²) in [5.74, 6) is 1.53. The molecule has 0 amide bonds. The van der Waals surface area contributed by atoms with Crippen LogP contribution in [0.1, 0.15) is 34.8 Å². The number of pyridine rings is 1. The molecule has 0 radical (unpaired) electrons. The molecule has 0 aliphatic carbocycles. The summed E-state index contributed by atoms with van der Waals surface area (Å²) in [6, 6.07) is 16.2. The van der Waals surface area contributed by atoms with Crippen molar-refractivity contribution in [3.05, 3.63) is 76.2 Å². The fraction of sp³-hybridized carbons (Fsp3) is 0.200. The van der Waals surface area contributed by atoms with E-state index in [1.165, 1.54) is 4.88 Å². The summed E-state index contributed by atoms with van der Waals surface area (Å²) in [7, 11) is 1.67. The molecule has 5 rings (SSSR count). The van der Waals surface area contributed by atoms with Gasteiger partial charge in [0.25, 0.3) is 0 Å². The lowest BCUT2D eigenvalue weighted by Crippen LogP contribution is -2.34. The quantitative estimate of drug-likeness (QED) is 0.692. The Morgan fingerprint density at radius 3 is 2.88 bits per heavy atom. The molecule has 0 bridgehead atoms. The van der Waals surface area contributed by atoms with Gasteiger partial charge in [0.1, 0.15) is 5.69 Å². The standard InChI is InChI=1S/C20H17N3O2S/c1-24-17-8-4-6-13-16-12-15(18-9-5-11-26-18)22-23(16)20(25-19(13)17)14-7-2-3-10-21-14/h2-11,16,20H,12H2,1H3/t16-,20-/m1/s1. The zero-order valence-electron chi connectivity index (χ0n) is 14.2. The molecular formula is C20H17N3O2S. The number of rotatable bonds is 3. The smallest absolute Gasteiger partial charge is 0.230 e. The normalized spacial score (nSPS) is 20.8. The number of para-hydroxylation sites is 1. The van der Waals surface area contributed by atoms with E-state index in [2.05, 4.69) is 28.6 Å². The molecule has 26 heavy (non-hydrogen) atoms. The topological polar surface area (TPSA) is 47.0 Å². The number of ether oxygens (including phenoxy) is 2. The highest BCUT2D eigenvalue weighted by molar-refractivity contribution is 7.12. The Morgan fingerprint density at radius 1 is 1.15 bits per heavy atom. The van der Waals surface area contributed by atoms with Crippen LogP contribution in [0, 0.1) is 0 Å². The maximum atomic E-state index is 6.35. The number of hydrogen-bond acceptors (Lipinski definition) is 6. The third kappa shape index (κ3) is 2.37.